The highest BCUT2D eigenvalue weighted by atomic mass is 14.9. The molecule has 1 aromatic carbocycles. The second-order valence-corrected chi connectivity index (χ2v) is 6.83. The minimum Gasteiger partial charge on any atom is -0.317 e. The number of hydrogen-bond donors (Lipinski definition) is 1. The van der Waals surface area contributed by atoms with Gasteiger partial charge in [0.2, 0.25) is 0 Å². The van der Waals surface area contributed by atoms with Crippen LogP contribution >= 0.6 is 0 Å². The fourth-order valence-corrected chi connectivity index (χ4v) is 4.53. The van der Waals surface area contributed by atoms with Gasteiger partial charge in [0.1, 0.15) is 0 Å². The average molecular weight is 283 g/mol. The molecular formula is C20H29N. The zero-order valence-electron chi connectivity index (χ0n) is 13.4. The van der Waals surface area contributed by atoms with Gasteiger partial charge in [-0.3, -0.25) is 0 Å². The third kappa shape index (κ3) is 3.08. The summed E-state index contributed by atoms with van der Waals surface area (Å²) in [6, 6.07) is 9.86. The molecule has 0 radical (unpaired) electrons. The lowest BCUT2D eigenvalue weighted by Gasteiger charge is -2.16. The zero-order chi connectivity index (χ0) is 14.7. The summed E-state index contributed by atoms with van der Waals surface area (Å²) in [6.45, 7) is 3.81. The Labute approximate surface area is 129 Å². The van der Waals surface area contributed by atoms with Crippen molar-refractivity contribution in [2.45, 2.75) is 56.9 Å². The fraction of sp³-hybridized carbons (Fsp3) is 0.600. The van der Waals surface area contributed by atoms with Crippen LogP contribution in [0.5, 0.6) is 0 Å². The van der Waals surface area contributed by atoms with E-state index in [2.05, 4.69) is 43.2 Å². The number of rotatable bonds is 8. The molecule has 0 heterocycles. The molecule has 1 heteroatoms. The molecule has 0 bridgehead atoms. The minimum absolute atomic E-state index is 0.717. The summed E-state index contributed by atoms with van der Waals surface area (Å²) in [7, 11) is 2.16. The summed E-state index contributed by atoms with van der Waals surface area (Å²) in [5.41, 5.74) is 3.27. The summed E-state index contributed by atoms with van der Waals surface area (Å²) in [5.74, 6) is 2.68. The van der Waals surface area contributed by atoms with E-state index in [9.17, 15) is 0 Å². The maximum Gasteiger partial charge on any atom is 0.0101 e. The Morgan fingerprint density at radius 3 is 2.95 bits per heavy atom. The Morgan fingerprint density at radius 1 is 1.29 bits per heavy atom. The van der Waals surface area contributed by atoms with Crippen LogP contribution in [0.15, 0.2) is 36.9 Å². The molecule has 2 aliphatic rings. The van der Waals surface area contributed by atoms with Crippen molar-refractivity contribution in [1.82, 2.24) is 5.32 Å². The predicted molar refractivity (Wildman–Crippen MR) is 90.6 cm³/mol. The second-order valence-electron chi connectivity index (χ2n) is 6.83. The minimum atomic E-state index is 0.717. The molecule has 1 nitrogen and oxygen atoms in total. The van der Waals surface area contributed by atoms with Crippen LogP contribution in [0.3, 0.4) is 0 Å². The maximum atomic E-state index is 3.81. The van der Waals surface area contributed by atoms with Gasteiger partial charge in [-0.2, -0.15) is 0 Å². The van der Waals surface area contributed by atoms with Gasteiger partial charge < -0.3 is 5.32 Å². The molecule has 0 aromatic heterocycles. The predicted octanol–water partition coefficient (Wildman–Crippen LogP) is 4.69. The Kier molecular flexibility index (Phi) is 4.80. The van der Waals surface area contributed by atoms with Crippen LogP contribution < -0.4 is 5.32 Å². The Bertz CT molecular complexity index is 478. The first-order chi connectivity index (χ1) is 10.4. The monoisotopic (exact) mass is 283 g/mol. The van der Waals surface area contributed by atoms with Crippen molar-refractivity contribution in [3.63, 3.8) is 0 Å². The fourth-order valence-electron chi connectivity index (χ4n) is 4.53. The Hall–Kier alpha value is -1.08. The molecule has 1 N–H and O–H groups in total. The van der Waals surface area contributed by atoms with Gasteiger partial charge in [0.05, 0.1) is 0 Å². The van der Waals surface area contributed by atoms with Crippen LogP contribution in [0.25, 0.3) is 0 Å². The highest BCUT2D eigenvalue weighted by molar-refractivity contribution is 5.40. The van der Waals surface area contributed by atoms with E-state index < -0.39 is 0 Å². The van der Waals surface area contributed by atoms with Gasteiger partial charge >= 0.3 is 0 Å². The van der Waals surface area contributed by atoms with E-state index >= 15 is 0 Å². The van der Waals surface area contributed by atoms with Crippen LogP contribution in [-0.2, 0) is 6.42 Å². The largest absolute Gasteiger partial charge is 0.317 e. The molecule has 4 unspecified atom stereocenters. The molecule has 21 heavy (non-hydrogen) atoms. The van der Waals surface area contributed by atoms with Gasteiger partial charge in [-0.05, 0) is 68.0 Å². The average Bonchev–Trinajstić information content (AvgIpc) is 3.26. The summed E-state index contributed by atoms with van der Waals surface area (Å²) < 4.78 is 0. The highest BCUT2D eigenvalue weighted by Crippen LogP contribution is 2.61. The first-order valence-electron chi connectivity index (χ1n) is 8.72. The molecule has 1 fully saturated rings. The van der Waals surface area contributed by atoms with E-state index in [-0.39, 0.29) is 0 Å². The number of nitrogens with one attached hydrogen (secondary N) is 1. The van der Waals surface area contributed by atoms with Crippen molar-refractivity contribution in [2.24, 2.45) is 11.8 Å². The molecule has 1 saturated carbocycles. The summed E-state index contributed by atoms with van der Waals surface area (Å²) in [5, 5.41) is 3.62. The van der Waals surface area contributed by atoms with Gasteiger partial charge in [-0.15, -0.1) is 6.58 Å². The van der Waals surface area contributed by atoms with Crippen molar-refractivity contribution in [3.8, 4) is 0 Å². The smallest absolute Gasteiger partial charge is 0.0101 e. The summed E-state index contributed by atoms with van der Waals surface area (Å²) >= 11 is 0. The number of fused-ring (bicyclic) bond motifs is 3. The zero-order valence-corrected chi connectivity index (χ0v) is 13.4. The Morgan fingerprint density at radius 2 is 2.14 bits per heavy atom. The van der Waals surface area contributed by atoms with Crippen molar-refractivity contribution < 1.29 is 0 Å². The number of unbranched alkanes of at least 4 members (excludes halogenated alkanes) is 3. The molecule has 0 spiro atoms. The van der Waals surface area contributed by atoms with Crippen molar-refractivity contribution in [2.75, 3.05) is 7.05 Å². The molecule has 0 saturated heterocycles. The lowest BCUT2D eigenvalue weighted by atomic mass is 9.92. The van der Waals surface area contributed by atoms with Crippen molar-refractivity contribution in [1.29, 1.82) is 0 Å². The second kappa shape index (κ2) is 6.79. The third-order valence-electron chi connectivity index (χ3n) is 5.65. The maximum absolute atomic E-state index is 3.81. The van der Waals surface area contributed by atoms with Crippen LogP contribution in [0.4, 0.5) is 0 Å². The number of aryl methyl sites for hydroxylation is 1. The van der Waals surface area contributed by atoms with Gasteiger partial charge in [-0.1, -0.05) is 43.2 Å². The third-order valence-corrected chi connectivity index (χ3v) is 5.65. The molecular weight excluding hydrogens is 254 g/mol. The lowest BCUT2D eigenvalue weighted by molar-refractivity contribution is 0.420. The topological polar surface area (TPSA) is 12.0 Å². The summed E-state index contributed by atoms with van der Waals surface area (Å²) in [6.07, 6.45) is 11.3. The van der Waals surface area contributed by atoms with Gasteiger partial charge in [0.25, 0.3) is 0 Å². The van der Waals surface area contributed by atoms with E-state index in [1.807, 2.05) is 6.08 Å². The van der Waals surface area contributed by atoms with E-state index in [0.29, 0.717) is 0 Å². The number of benzene rings is 1. The number of hydrogen-bond acceptors (Lipinski definition) is 1. The van der Waals surface area contributed by atoms with E-state index in [4.69, 9.17) is 0 Å². The van der Waals surface area contributed by atoms with Crippen molar-refractivity contribution >= 4 is 0 Å². The van der Waals surface area contributed by atoms with Crippen LogP contribution in [-0.4, -0.2) is 13.1 Å². The standard InChI is InChI=1S/C20H29N/c1-3-4-5-6-7-12-18(21-2)20-17-14-13-15-10-8-9-11-16(15)19(17)20/h3,8-11,17-21H,1,4-7,12-14H2,2H3. The van der Waals surface area contributed by atoms with Gasteiger partial charge in [0.15, 0.2) is 0 Å². The normalized spacial score (nSPS) is 27.6. The van der Waals surface area contributed by atoms with Crippen LogP contribution in [0.1, 0.15) is 55.6 Å². The molecule has 2 aliphatic carbocycles. The molecule has 4 atom stereocenters. The summed E-state index contributed by atoms with van der Waals surface area (Å²) in [4.78, 5) is 0. The first kappa shape index (κ1) is 14.8. The quantitative estimate of drug-likeness (QED) is 0.539. The van der Waals surface area contributed by atoms with E-state index in [1.165, 1.54) is 44.9 Å². The SMILES string of the molecule is C=CCCCCCC(NC)C1C2CCc3ccccc3C21. The van der Waals surface area contributed by atoms with E-state index in [0.717, 1.165) is 23.8 Å². The number of allylic oxidation sites excluding steroid dienone is 1. The molecule has 0 aliphatic heterocycles. The highest BCUT2D eigenvalue weighted by Gasteiger charge is 2.55. The van der Waals surface area contributed by atoms with Crippen molar-refractivity contribution in [3.05, 3.63) is 48.0 Å². The molecule has 114 valence electrons. The van der Waals surface area contributed by atoms with Gasteiger partial charge in [-0.25, -0.2) is 0 Å². The molecule has 0 amide bonds. The lowest BCUT2D eigenvalue weighted by Crippen LogP contribution is -2.28. The van der Waals surface area contributed by atoms with E-state index in [1.54, 1.807) is 11.1 Å². The Balaban J connectivity index is 1.56. The van der Waals surface area contributed by atoms with Crippen LogP contribution in [0, 0.1) is 11.8 Å². The van der Waals surface area contributed by atoms with Crippen LogP contribution in [0.2, 0.25) is 0 Å². The molecule has 1 aromatic rings. The molecule has 3 rings (SSSR count). The van der Waals surface area contributed by atoms with Gasteiger partial charge in [0, 0.05) is 6.04 Å². The first-order valence-corrected chi connectivity index (χ1v) is 8.72.